The zero-order valence-electron chi connectivity index (χ0n) is 17.4. The fourth-order valence-electron chi connectivity index (χ4n) is 3.43. The highest BCUT2D eigenvalue weighted by atomic mass is 16.5. The highest BCUT2D eigenvalue weighted by molar-refractivity contribution is 6.40. The Morgan fingerprint density at radius 2 is 2.07 bits per heavy atom. The molecule has 3 heterocycles. The Morgan fingerprint density at radius 1 is 1.27 bits per heavy atom. The third-order valence-corrected chi connectivity index (χ3v) is 4.93. The second-order valence-electron chi connectivity index (χ2n) is 7.49. The molecule has 0 saturated carbocycles. The Bertz CT molecular complexity index is 1010. The maximum Gasteiger partial charge on any atom is 0.268 e. The smallest absolute Gasteiger partial charge is 0.268 e. The Morgan fingerprint density at radius 3 is 2.80 bits per heavy atom. The van der Waals surface area contributed by atoms with Crippen LogP contribution in [0, 0.1) is 6.92 Å². The molecule has 1 saturated heterocycles. The largest absolute Gasteiger partial charge is 0.378 e. The molecule has 4 rings (SSSR count). The number of carbonyl (C=O) groups is 1. The van der Waals surface area contributed by atoms with Crippen molar-refractivity contribution < 1.29 is 9.53 Å². The Hall–Kier alpha value is -3.33. The van der Waals surface area contributed by atoms with Crippen molar-refractivity contribution in [1.29, 1.82) is 0 Å². The van der Waals surface area contributed by atoms with Gasteiger partial charge in [0.2, 0.25) is 5.95 Å². The summed E-state index contributed by atoms with van der Waals surface area (Å²) in [6.07, 6.45) is 2.15. The van der Waals surface area contributed by atoms with Crippen LogP contribution in [-0.2, 0) is 16.0 Å². The van der Waals surface area contributed by atoms with E-state index in [1.165, 1.54) is 4.90 Å². The third-order valence-electron chi connectivity index (χ3n) is 4.93. The van der Waals surface area contributed by atoms with Gasteiger partial charge in [0.15, 0.2) is 5.82 Å². The van der Waals surface area contributed by atoms with Crippen molar-refractivity contribution in [2.45, 2.75) is 13.3 Å². The van der Waals surface area contributed by atoms with Gasteiger partial charge in [-0.1, -0.05) is 29.8 Å². The number of carbonyl (C=O) groups excluding carboxylic acids is 1. The van der Waals surface area contributed by atoms with Gasteiger partial charge in [0.25, 0.3) is 5.91 Å². The summed E-state index contributed by atoms with van der Waals surface area (Å²) >= 11 is 0. The molecule has 2 aliphatic rings. The average Bonchev–Trinajstić information content (AvgIpc) is 3.17. The molecule has 1 amide bonds. The van der Waals surface area contributed by atoms with Crippen LogP contribution in [-0.4, -0.2) is 73.1 Å². The van der Waals surface area contributed by atoms with E-state index in [9.17, 15) is 4.79 Å². The topological polar surface area (TPSA) is 95.3 Å². The van der Waals surface area contributed by atoms with Gasteiger partial charge in [-0.05, 0) is 12.5 Å². The van der Waals surface area contributed by atoms with E-state index in [0.717, 1.165) is 35.6 Å². The first-order valence-electron chi connectivity index (χ1n) is 9.90. The molecular formula is C21H25N7O2. The van der Waals surface area contributed by atoms with E-state index in [1.807, 2.05) is 31.2 Å². The van der Waals surface area contributed by atoms with Crippen molar-refractivity contribution >= 4 is 35.4 Å². The number of aryl methyl sites for hydroxylation is 1. The number of fused-ring (bicyclic) bond motifs is 1. The normalized spacial score (nSPS) is 15.8. The van der Waals surface area contributed by atoms with E-state index >= 15 is 0 Å². The van der Waals surface area contributed by atoms with Gasteiger partial charge in [0.1, 0.15) is 11.5 Å². The van der Waals surface area contributed by atoms with Crippen LogP contribution in [0.2, 0.25) is 0 Å². The van der Waals surface area contributed by atoms with Crippen molar-refractivity contribution in [3.8, 4) is 0 Å². The summed E-state index contributed by atoms with van der Waals surface area (Å²) in [4.78, 5) is 29.8. The Labute approximate surface area is 175 Å². The number of hydrazone groups is 1. The summed E-state index contributed by atoms with van der Waals surface area (Å²) in [6, 6.07) is 8.03. The second kappa shape index (κ2) is 8.58. The monoisotopic (exact) mass is 407 g/mol. The van der Waals surface area contributed by atoms with Gasteiger partial charge >= 0.3 is 0 Å². The molecule has 1 fully saturated rings. The zero-order valence-corrected chi connectivity index (χ0v) is 17.4. The molecule has 1 N–H and O–H groups in total. The number of aliphatic imine (C=N–C) groups is 1. The first-order chi connectivity index (χ1) is 14.5. The molecule has 0 bridgehead atoms. The van der Waals surface area contributed by atoms with E-state index in [-0.39, 0.29) is 5.91 Å². The first-order valence-corrected chi connectivity index (χ1v) is 9.90. The number of aromatic nitrogens is 2. The number of hydrogen-bond acceptors (Lipinski definition) is 8. The molecule has 0 atom stereocenters. The highest BCUT2D eigenvalue weighted by Gasteiger charge is 2.29. The van der Waals surface area contributed by atoms with E-state index in [0.29, 0.717) is 37.1 Å². The molecule has 1 aromatic carbocycles. The molecule has 0 spiro atoms. The van der Waals surface area contributed by atoms with Gasteiger partial charge in [0, 0.05) is 39.2 Å². The summed E-state index contributed by atoms with van der Waals surface area (Å²) in [5.74, 6) is 1.53. The number of nitrogens with zero attached hydrogens (tertiary/aromatic N) is 6. The van der Waals surface area contributed by atoms with Crippen molar-refractivity contribution in [3.63, 3.8) is 0 Å². The molecule has 0 unspecified atom stereocenters. The molecule has 2 aliphatic heterocycles. The lowest BCUT2D eigenvalue weighted by Crippen LogP contribution is -2.37. The minimum atomic E-state index is -0.118. The SMILES string of the molecule is Cc1cccc(/C=N/Nc2nc3c(c(N4CCOCC4)n2)CC(C(=O)N(C)C)=N3)c1. The minimum absolute atomic E-state index is 0.118. The van der Waals surface area contributed by atoms with Crippen molar-refractivity contribution in [3.05, 3.63) is 41.0 Å². The lowest BCUT2D eigenvalue weighted by molar-refractivity contribution is -0.121. The maximum absolute atomic E-state index is 12.4. The summed E-state index contributed by atoms with van der Waals surface area (Å²) in [7, 11) is 3.44. The van der Waals surface area contributed by atoms with Crippen LogP contribution in [0.15, 0.2) is 34.4 Å². The fourth-order valence-corrected chi connectivity index (χ4v) is 3.43. The van der Waals surface area contributed by atoms with Gasteiger partial charge in [-0.25, -0.2) is 10.4 Å². The molecule has 156 valence electrons. The fraction of sp³-hybridized carbons (Fsp3) is 0.381. The van der Waals surface area contributed by atoms with Crippen molar-refractivity contribution in [1.82, 2.24) is 14.9 Å². The molecule has 1 aromatic heterocycles. The number of nitrogens with one attached hydrogen (secondary N) is 1. The highest BCUT2D eigenvalue weighted by Crippen LogP contribution is 2.34. The van der Waals surface area contributed by atoms with E-state index < -0.39 is 0 Å². The quantitative estimate of drug-likeness (QED) is 0.600. The molecule has 2 aromatic rings. The maximum atomic E-state index is 12.4. The molecule has 0 aliphatic carbocycles. The number of rotatable bonds is 5. The van der Waals surface area contributed by atoms with Crippen molar-refractivity contribution in [2.24, 2.45) is 10.1 Å². The van der Waals surface area contributed by atoms with Gasteiger partial charge in [0.05, 0.1) is 19.4 Å². The number of benzene rings is 1. The summed E-state index contributed by atoms with van der Waals surface area (Å²) in [5.41, 5.74) is 6.40. The molecular weight excluding hydrogens is 382 g/mol. The predicted octanol–water partition coefficient (Wildman–Crippen LogP) is 1.78. The van der Waals surface area contributed by atoms with E-state index in [1.54, 1.807) is 20.3 Å². The first kappa shape index (κ1) is 20.0. The third kappa shape index (κ3) is 4.30. The lowest BCUT2D eigenvalue weighted by atomic mass is 10.1. The standard InChI is InChI=1S/C21H25N7O2/c1-14-5-4-6-15(11-14)13-22-26-21-24-18-16(12-17(23-18)20(29)27(2)3)19(25-21)28-7-9-30-10-8-28/h4-6,11,13H,7-10,12H2,1-3H3,(H,24,25,26)/b22-13+. The average molecular weight is 407 g/mol. The number of morpholine rings is 1. The number of ether oxygens (including phenoxy) is 1. The zero-order chi connectivity index (χ0) is 21.1. The Kier molecular flexibility index (Phi) is 5.71. The Balaban J connectivity index is 1.62. The second-order valence-corrected chi connectivity index (χ2v) is 7.49. The molecule has 9 nitrogen and oxygen atoms in total. The summed E-state index contributed by atoms with van der Waals surface area (Å²) in [6.45, 7) is 4.77. The van der Waals surface area contributed by atoms with Crippen LogP contribution in [0.4, 0.5) is 17.6 Å². The molecule has 0 radical (unpaired) electrons. The van der Waals surface area contributed by atoms with E-state index in [4.69, 9.17) is 9.72 Å². The van der Waals surface area contributed by atoms with Crippen LogP contribution >= 0.6 is 0 Å². The predicted molar refractivity (Wildman–Crippen MR) is 117 cm³/mol. The van der Waals surface area contributed by atoms with Gasteiger partial charge < -0.3 is 14.5 Å². The molecule has 30 heavy (non-hydrogen) atoms. The lowest BCUT2D eigenvalue weighted by Gasteiger charge is -2.29. The summed E-state index contributed by atoms with van der Waals surface area (Å²) < 4.78 is 5.47. The number of hydrogen-bond donors (Lipinski definition) is 1. The van der Waals surface area contributed by atoms with E-state index in [2.05, 4.69) is 25.4 Å². The van der Waals surface area contributed by atoms with Crippen molar-refractivity contribution in [2.75, 3.05) is 50.7 Å². The van der Waals surface area contributed by atoms with Gasteiger partial charge in [-0.15, -0.1) is 0 Å². The van der Waals surface area contributed by atoms with Crippen LogP contribution in [0.5, 0.6) is 0 Å². The van der Waals surface area contributed by atoms with Gasteiger partial charge in [-0.3, -0.25) is 4.79 Å². The van der Waals surface area contributed by atoms with Crippen LogP contribution in [0.25, 0.3) is 0 Å². The van der Waals surface area contributed by atoms with Crippen LogP contribution < -0.4 is 10.3 Å². The number of amides is 1. The van der Waals surface area contributed by atoms with Gasteiger partial charge in [-0.2, -0.15) is 15.1 Å². The van der Waals surface area contributed by atoms with Crippen LogP contribution in [0.1, 0.15) is 16.7 Å². The summed E-state index contributed by atoms with van der Waals surface area (Å²) in [5, 5.41) is 4.28. The van der Waals surface area contributed by atoms with Crippen LogP contribution in [0.3, 0.4) is 0 Å². The molecule has 9 heteroatoms. The number of anilines is 2. The minimum Gasteiger partial charge on any atom is -0.378 e.